The van der Waals surface area contributed by atoms with E-state index in [4.69, 9.17) is 16.6 Å². The van der Waals surface area contributed by atoms with Gasteiger partial charge in [-0.15, -0.1) is 6.42 Å². The molecule has 12 heavy (non-hydrogen) atoms. The summed E-state index contributed by atoms with van der Waals surface area (Å²) in [4.78, 5) is 20.9. The second-order valence-corrected chi connectivity index (χ2v) is 2.02. The number of carbonyl (C=O) groups is 2. The van der Waals surface area contributed by atoms with Crippen LogP contribution in [-0.2, 0) is 9.59 Å². The van der Waals surface area contributed by atoms with E-state index >= 15 is 0 Å². The fraction of sp³-hybridized carbons (Fsp3) is 0.429. The van der Waals surface area contributed by atoms with Crippen molar-refractivity contribution in [2.75, 3.05) is 6.61 Å². The number of amides is 1. The van der Waals surface area contributed by atoms with Crippen molar-refractivity contribution in [3.8, 4) is 12.3 Å². The predicted molar refractivity (Wildman–Crippen MR) is 40.1 cm³/mol. The molecular formula is C7H9NO4. The average Bonchev–Trinajstić information content (AvgIpc) is 2.03. The molecule has 3 N–H and O–H groups in total. The number of nitrogens with one attached hydrogen (secondary N) is 1. The van der Waals surface area contributed by atoms with Gasteiger partial charge in [0, 0.05) is 13.0 Å². The van der Waals surface area contributed by atoms with Gasteiger partial charge in [-0.1, -0.05) is 0 Å². The van der Waals surface area contributed by atoms with Crippen molar-refractivity contribution >= 4 is 11.9 Å². The molecule has 0 saturated heterocycles. The van der Waals surface area contributed by atoms with Crippen LogP contribution in [-0.4, -0.2) is 34.7 Å². The highest BCUT2D eigenvalue weighted by atomic mass is 16.4. The van der Waals surface area contributed by atoms with Crippen molar-refractivity contribution in [3.05, 3.63) is 0 Å². The summed E-state index contributed by atoms with van der Waals surface area (Å²) in [6.45, 7) is -0.318. The first-order valence-corrected chi connectivity index (χ1v) is 3.22. The molecule has 0 aliphatic carbocycles. The quantitative estimate of drug-likeness (QED) is 0.453. The molecule has 1 amide bonds. The highest BCUT2D eigenvalue weighted by Gasteiger charge is 2.17. The zero-order chi connectivity index (χ0) is 9.56. The number of hydrogen-bond donors (Lipinski definition) is 3. The molecule has 0 heterocycles. The molecule has 66 valence electrons. The number of carbonyl (C=O) groups excluding carboxylic acids is 1. The number of carboxylic acid groups (broad SMARTS) is 1. The smallest absolute Gasteiger partial charge is 0.326 e. The van der Waals surface area contributed by atoms with Crippen LogP contribution in [0.15, 0.2) is 0 Å². The number of aliphatic hydroxyl groups is 1. The Bertz CT molecular complexity index is 218. The number of terminal acetylenes is 1. The molecule has 0 aliphatic heterocycles. The first kappa shape index (κ1) is 10.5. The summed E-state index contributed by atoms with van der Waals surface area (Å²) in [5.74, 6) is -0.297. The van der Waals surface area contributed by atoms with Crippen molar-refractivity contribution in [3.63, 3.8) is 0 Å². The lowest BCUT2D eigenvalue weighted by Crippen LogP contribution is -2.40. The van der Waals surface area contributed by atoms with Crippen molar-refractivity contribution in [2.45, 2.75) is 12.5 Å². The molecule has 0 bridgehead atoms. The SMILES string of the molecule is C#CC(=O)N[C@@H](CCO)C(=O)O. The van der Waals surface area contributed by atoms with Crippen LogP contribution in [0.5, 0.6) is 0 Å². The Labute approximate surface area is 69.4 Å². The fourth-order valence-corrected chi connectivity index (χ4v) is 0.586. The molecule has 0 fully saturated rings. The van der Waals surface area contributed by atoms with E-state index in [0.29, 0.717) is 0 Å². The van der Waals surface area contributed by atoms with Crippen LogP contribution >= 0.6 is 0 Å². The van der Waals surface area contributed by atoms with Crippen LogP contribution < -0.4 is 5.32 Å². The zero-order valence-electron chi connectivity index (χ0n) is 6.28. The van der Waals surface area contributed by atoms with Crippen LogP contribution in [0.2, 0.25) is 0 Å². The second kappa shape index (κ2) is 5.16. The first-order chi connectivity index (χ1) is 5.61. The minimum absolute atomic E-state index is 0.0528. The fourth-order valence-electron chi connectivity index (χ4n) is 0.586. The summed E-state index contributed by atoms with van der Waals surface area (Å²) in [5.41, 5.74) is 0. The van der Waals surface area contributed by atoms with E-state index in [2.05, 4.69) is 0 Å². The molecule has 0 aromatic heterocycles. The summed E-state index contributed by atoms with van der Waals surface area (Å²) >= 11 is 0. The van der Waals surface area contributed by atoms with Crippen LogP contribution in [0.4, 0.5) is 0 Å². The molecule has 5 heteroatoms. The molecule has 0 aliphatic rings. The van der Waals surface area contributed by atoms with Gasteiger partial charge in [-0.25, -0.2) is 4.79 Å². The number of hydrogen-bond acceptors (Lipinski definition) is 3. The third-order valence-corrected chi connectivity index (χ3v) is 1.15. The summed E-state index contributed by atoms with van der Waals surface area (Å²) in [7, 11) is 0. The first-order valence-electron chi connectivity index (χ1n) is 3.22. The zero-order valence-corrected chi connectivity index (χ0v) is 6.28. The van der Waals surface area contributed by atoms with Crippen LogP contribution in [0.3, 0.4) is 0 Å². The molecule has 0 unspecified atom stereocenters. The van der Waals surface area contributed by atoms with Gasteiger partial charge in [0.05, 0.1) is 0 Å². The lowest BCUT2D eigenvalue weighted by Gasteiger charge is -2.09. The van der Waals surface area contributed by atoms with Gasteiger partial charge in [0.2, 0.25) is 0 Å². The summed E-state index contributed by atoms with van der Waals surface area (Å²) in [6.07, 6.45) is 4.65. The normalized spacial score (nSPS) is 11.3. The maximum atomic E-state index is 10.5. The Morgan fingerprint density at radius 1 is 1.58 bits per heavy atom. The summed E-state index contributed by atoms with van der Waals surface area (Å²) in [6, 6.07) is -1.11. The largest absolute Gasteiger partial charge is 0.480 e. The molecule has 0 spiro atoms. The minimum atomic E-state index is -1.22. The Morgan fingerprint density at radius 2 is 2.17 bits per heavy atom. The van der Waals surface area contributed by atoms with E-state index in [1.807, 2.05) is 5.32 Å². The number of aliphatic carboxylic acids is 1. The molecular weight excluding hydrogens is 162 g/mol. The van der Waals surface area contributed by atoms with Gasteiger partial charge in [-0.2, -0.15) is 0 Å². The van der Waals surface area contributed by atoms with Gasteiger partial charge in [-0.05, 0) is 5.92 Å². The van der Waals surface area contributed by atoms with E-state index in [-0.39, 0.29) is 13.0 Å². The highest BCUT2D eigenvalue weighted by Crippen LogP contribution is 1.90. The summed E-state index contributed by atoms with van der Waals surface area (Å²) in [5, 5.41) is 18.9. The number of aliphatic hydroxyl groups excluding tert-OH is 1. The highest BCUT2D eigenvalue weighted by molar-refractivity contribution is 5.95. The monoisotopic (exact) mass is 171 g/mol. The topological polar surface area (TPSA) is 86.6 Å². The Hall–Kier alpha value is -1.54. The van der Waals surface area contributed by atoms with E-state index < -0.39 is 17.9 Å². The van der Waals surface area contributed by atoms with Gasteiger partial charge >= 0.3 is 5.97 Å². The maximum absolute atomic E-state index is 10.5. The van der Waals surface area contributed by atoms with Crippen LogP contribution in [0.25, 0.3) is 0 Å². The Balaban J connectivity index is 4.06. The third-order valence-electron chi connectivity index (χ3n) is 1.15. The number of carboxylic acids is 1. The molecule has 0 aromatic rings. The predicted octanol–water partition coefficient (Wildman–Crippen LogP) is -1.43. The van der Waals surface area contributed by atoms with Gasteiger partial charge in [0.1, 0.15) is 6.04 Å². The molecule has 0 rings (SSSR count). The molecule has 5 nitrogen and oxygen atoms in total. The van der Waals surface area contributed by atoms with Gasteiger partial charge in [0.25, 0.3) is 5.91 Å². The lowest BCUT2D eigenvalue weighted by atomic mass is 10.2. The summed E-state index contributed by atoms with van der Waals surface area (Å²) < 4.78 is 0. The standard InChI is InChI=1S/C7H9NO4/c1-2-6(10)8-5(3-4-9)7(11)12/h1,5,9H,3-4H2,(H,8,10)(H,11,12)/t5-/m0/s1. The third kappa shape index (κ3) is 3.58. The Kier molecular flexibility index (Phi) is 4.49. The van der Waals surface area contributed by atoms with Crippen LogP contribution in [0.1, 0.15) is 6.42 Å². The van der Waals surface area contributed by atoms with E-state index in [0.717, 1.165) is 0 Å². The van der Waals surface area contributed by atoms with Crippen molar-refractivity contribution in [1.29, 1.82) is 0 Å². The van der Waals surface area contributed by atoms with Crippen molar-refractivity contribution in [1.82, 2.24) is 5.32 Å². The van der Waals surface area contributed by atoms with E-state index in [9.17, 15) is 9.59 Å². The lowest BCUT2D eigenvalue weighted by molar-refractivity contribution is -0.141. The average molecular weight is 171 g/mol. The van der Waals surface area contributed by atoms with E-state index in [1.54, 1.807) is 5.92 Å². The van der Waals surface area contributed by atoms with Crippen LogP contribution in [0, 0.1) is 12.3 Å². The van der Waals surface area contributed by atoms with Crippen molar-refractivity contribution in [2.24, 2.45) is 0 Å². The van der Waals surface area contributed by atoms with Gasteiger partial charge in [0.15, 0.2) is 0 Å². The second-order valence-electron chi connectivity index (χ2n) is 2.02. The molecule has 0 saturated carbocycles. The van der Waals surface area contributed by atoms with Gasteiger partial charge < -0.3 is 15.5 Å². The minimum Gasteiger partial charge on any atom is -0.480 e. The number of rotatable bonds is 4. The molecule has 0 radical (unpaired) electrons. The molecule has 1 atom stereocenters. The molecule has 0 aromatic carbocycles. The van der Waals surface area contributed by atoms with Gasteiger partial charge in [-0.3, -0.25) is 4.79 Å². The maximum Gasteiger partial charge on any atom is 0.326 e. The van der Waals surface area contributed by atoms with E-state index in [1.165, 1.54) is 0 Å². The van der Waals surface area contributed by atoms with Crippen molar-refractivity contribution < 1.29 is 19.8 Å². The Morgan fingerprint density at radius 3 is 2.50 bits per heavy atom.